The van der Waals surface area contributed by atoms with Crippen molar-refractivity contribution in [1.29, 1.82) is 0 Å². The molecule has 0 radical (unpaired) electrons. The lowest BCUT2D eigenvalue weighted by Gasteiger charge is -2.41. The first-order chi connectivity index (χ1) is 19.6. The molecular weight excluding hydrogens is 603 g/mol. The van der Waals surface area contributed by atoms with E-state index < -0.39 is 76.4 Å². The molecule has 2 N–H and O–H groups in total. The van der Waals surface area contributed by atoms with Gasteiger partial charge in [-0.3, -0.25) is 4.79 Å². The molecule has 6 unspecified atom stereocenters. The minimum absolute atomic E-state index is 0.0992. The number of ether oxygens (including phenoxy) is 5. The van der Waals surface area contributed by atoms with Crippen LogP contribution in [0.25, 0.3) is 0 Å². The van der Waals surface area contributed by atoms with Gasteiger partial charge < -0.3 is 34.3 Å². The standard InChI is InChI=1S/C30H42Cl2N2O9/c1-27(2,3)41-23(35)19-18-20(19)30(24(36)42-28(4,5)6,34-26(38)43-29(7,8)9)22(21(18)33-25(37)39-10)40-14-15-11-12-16(31)17(32)13-15/h11-13,18-22H,14H2,1-10H3,(H,33,37)(H,34,38). The van der Waals surface area contributed by atoms with E-state index in [0.29, 0.717) is 10.6 Å². The number of carbonyl (C=O) groups excluding carboxylic acids is 4. The van der Waals surface area contributed by atoms with Crippen molar-refractivity contribution < 1.29 is 42.9 Å². The molecule has 43 heavy (non-hydrogen) atoms. The normalized spacial score (nSPS) is 26.6. The molecule has 6 atom stereocenters. The minimum atomic E-state index is -1.98. The molecule has 2 amide bonds. The summed E-state index contributed by atoms with van der Waals surface area (Å²) in [5.74, 6) is -3.92. The first-order valence-electron chi connectivity index (χ1n) is 14.0. The van der Waals surface area contributed by atoms with Gasteiger partial charge in [0.25, 0.3) is 0 Å². The van der Waals surface area contributed by atoms with E-state index >= 15 is 0 Å². The summed E-state index contributed by atoms with van der Waals surface area (Å²) in [6.07, 6.45) is -3.00. The summed E-state index contributed by atoms with van der Waals surface area (Å²) in [5, 5.41) is 6.09. The van der Waals surface area contributed by atoms with Gasteiger partial charge in [-0.25, -0.2) is 14.4 Å². The first kappa shape index (κ1) is 34.7. The van der Waals surface area contributed by atoms with Crippen molar-refractivity contribution in [2.24, 2.45) is 17.8 Å². The molecule has 3 rings (SSSR count). The zero-order valence-corrected chi connectivity index (χ0v) is 27.8. The Morgan fingerprint density at radius 3 is 1.93 bits per heavy atom. The summed E-state index contributed by atoms with van der Waals surface area (Å²) in [7, 11) is 1.19. The lowest BCUT2D eigenvalue weighted by atomic mass is 9.85. The van der Waals surface area contributed by atoms with Crippen LogP contribution in [0.3, 0.4) is 0 Å². The molecule has 1 aromatic carbocycles. The number of methoxy groups -OCH3 is 1. The number of amides is 2. The lowest BCUT2D eigenvalue weighted by molar-refractivity contribution is -0.174. The van der Waals surface area contributed by atoms with E-state index in [-0.39, 0.29) is 11.6 Å². The van der Waals surface area contributed by atoms with E-state index in [1.807, 2.05) is 0 Å². The Kier molecular flexibility index (Phi) is 9.95. The minimum Gasteiger partial charge on any atom is -0.460 e. The number of hydrogen-bond acceptors (Lipinski definition) is 9. The molecule has 0 bridgehead atoms. The van der Waals surface area contributed by atoms with Crippen LogP contribution in [0.15, 0.2) is 18.2 Å². The van der Waals surface area contributed by atoms with Gasteiger partial charge in [0.15, 0.2) is 5.54 Å². The molecule has 13 heteroatoms. The number of fused-ring (bicyclic) bond motifs is 1. The van der Waals surface area contributed by atoms with Crippen LogP contribution >= 0.6 is 23.2 Å². The van der Waals surface area contributed by atoms with E-state index in [1.165, 1.54) is 7.11 Å². The van der Waals surface area contributed by atoms with Gasteiger partial charge in [0.05, 0.1) is 35.7 Å². The zero-order valence-electron chi connectivity index (χ0n) is 26.3. The highest BCUT2D eigenvalue weighted by Crippen LogP contribution is 2.64. The molecule has 2 fully saturated rings. The number of alkyl carbamates (subject to hydrolysis) is 2. The molecule has 2 aliphatic carbocycles. The van der Waals surface area contributed by atoms with Crippen LogP contribution in [-0.2, 0) is 39.9 Å². The molecule has 0 spiro atoms. The summed E-state index contributed by atoms with van der Waals surface area (Å²) in [6.45, 7) is 15.1. The number of carbonyl (C=O) groups is 4. The highest BCUT2D eigenvalue weighted by atomic mass is 35.5. The smallest absolute Gasteiger partial charge is 0.408 e. The van der Waals surface area contributed by atoms with Crippen molar-refractivity contribution in [3.8, 4) is 0 Å². The number of hydrogen-bond donors (Lipinski definition) is 2. The van der Waals surface area contributed by atoms with Crippen LogP contribution in [0.2, 0.25) is 10.0 Å². The van der Waals surface area contributed by atoms with Crippen LogP contribution < -0.4 is 10.6 Å². The molecule has 0 aromatic heterocycles. The number of benzene rings is 1. The second-order valence-electron chi connectivity index (χ2n) is 13.8. The van der Waals surface area contributed by atoms with Gasteiger partial charge in [-0.05, 0) is 80.0 Å². The van der Waals surface area contributed by atoms with E-state index in [1.54, 1.807) is 80.5 Å². The van der Waals surface area contributed by atoms with Crippen LogP contribution in [0.5, 0.6) is 0 Å². The SMILES string of the molecule is COC(=O)NC1C2C(C(=O)OC(C)(C)C)C2C(NC(=O)OC(C)(C)C)(C(=O)OC(C)(C)C)C1OCc1ccc(Cl)c(Cl)c1. The summed E-state index contributed by atoms with van der Waals surface area (Å²) < 4.78 is 28.3. The number of nitrogens with one attached hydrogen (secondary N) is 2. The second kappa shape index (κ2) is 12.3. The summed E-state index contributed by atoms with van der Waals surface area (Å²) in [5.41, 5.74) is -4.13. The molecular formula is C30H42Cl2N2O9. The summed E-state index contributed by atoms with van der Waals surface area (Å²) >= 11 is 12.3. The maximum Gasteiger partial charge on any atom is 0.408 e. The number of halogens is 2. The van der Waals surface area contributed by atoms with Crippen molar-refractivity contribution in [3.63, 3.8) is 0 Å². The predicted octanol–water partition coefficient (Wildman–Crippen LogP) is 5.43. The van der Waals surface area contributed by atoms with E-state index in [9.17, 15) is 19.2 Å². The highest BCUT2D eigenvalue weighted by Gasteiger charge is 2.81. The van der Waals surface area contributed by atoms with Crippen molar-refractivity contribution in [3.05, 3.63) is 33.8 Å². The average Bonchev–Trinajstić information content (AvgIpc) is 3.51. The average molecular weight is 646 g/mol. The molecule has 240 valence electrons. The molecule has 0 saturated heterocycles. The number of esters is 2. The second-order valence-corrected chi connectivity index (χ2v) is 14.6. The summed E-state index contributed by atoms with van der Waals surface area (Å²) in [6, 6.07) is 3.90. The van der Waals surface area contributed by atoms with Crippen molar-refractivity contribution in [2.45, 2.75) is 103 Å². The van der Waals surface area contributed by atoms with E-state index in [4.69, 9.17) is 46.9 Å². The maximum absolute atomic E-state index is 14.3. The van der Waals surface area contributed by atoms with Crippen LogP contribution in [0.1, 0.15) is 67.9 Å². The fourth-order valence-corrected chi connectivity index (χ4v) is 5.75. The maximum atomic E-state index is 14.3. The van der Waals surface area contributed by atoms with Crippen LogP contribution in [0.4, 0.5) is 9.59 Å². The molecule has 0 heterocycles. The predicted molar refractivity (Wildman–Crippen MR) is 159 cm³/mol. The highest BCUT2D eigenvalue weighted by molar-refractivity contribution is 6.42. The fraction of sp³-hybridized carbons (Fsp3) is 0.667. The Morgan fingerprint density at radius 1 is 0.837 bits per heavy atom. The van der Waals surface area contributed by atoms with Gasteiger partial charge in [0.1, 0.15) is 22.9 Å². The van der Waals surface area contributed by atoms with Gasteiger partial charge >= 0.3 is 24.1 Å². The fourth-order valence-electron chi connectivity index (χ4n) is 5.43. The van der Waals surface area contributed by atoms with Crippen molar-refractivity contribution in [1.82, 2.24) is 10.6 Å². The Balaban J connectivity index is 2.17. The lowest BCUT2D eigenvalue weighted by Crippen LogP contribution is -2.68. The molecule has 1 aromatic rings. The van der Waals surface area contributed by atoms with Crippen molar-refractivity contribution in [2.75, 3.05) is 7.11 Å². The zero-order chi connectivity index (χ0) is 32.7. The Hall–Kier alpha value is -2.76. The molecule has 2 saturated carbocycles. The third-order valence-corrected chi connectivity index (χ3v) is 7.54. The summed E-state index contributed by atoms with van der Waals surface area (Å²) in [4.78, 5) is 53.7. The van der Waals surface area contributed by atoms with Gasteiger partial charge in [-0.2, -0.15) is 0 Å². The van der Waals surface area contributed by atoms with E-state index in [2.05, 4.69) is 10.6 Å². The Morgan fingerprint density at radius 2 is 1.42 bits per heavy atom. The van der Waals surface area contributed by atoms with Gasteiger partial charge in [0.2, 0.25) is 0 Å². The van der Waals surface area contributed by atoms with Crippen LogP contribution in [-0.4, -0.2) is 65.7 Å². The number of rotatable bonds is 7. The molecule has 0 aliphatic heterocycles. The Labute approximate surface area is 262 Å². The van der Waals surface area contributed by atoms with Gasteiger partial charge in [0, 0.05) is 11.8 Å². The van der Waals surface area contributed by atoms with Crippen molar-refractivity contribution >= 4 is 47.3 Å². The molecule has 2 aliphatic rings. The quantitative estimate of drug-likeness (QED) is 0.294. The third kappa shape index (κ3) is 8.25. The van der Waals surface area contributed by atoms with Gasteiger partial charge in [-0.15, -0.1) is 0 Å². The third-order valence-electron chi connectivity index (χ3n) is 6.80. The van der Waals surface area contributed by atoms with Gasteiger partial charge in [-0.1, -0.05) is 29.3 Å². The largest absolute Gasteiger partial charge is 0.460 e. The molecule has 11 nitrogen and oxygen atoms in total. The topological polar surface area (TPSA) is 138 Å². The Bertz CT molecular complexity index is 1250. The van der Waals surface area contributed by atoms with E-state index in [0.717, 1.165) is 0 Å². The monoisotopic (exact) mass is 644 g/mol. The first-order valence-corrected chi connectivity index (χ1v) is 14.7. The van der Waals surface area contributed by atoms with Crippen LogP contribution in [0, 0.1) is 17.8 Å².